The minimum Gasteiger partial charge on any atom is -0.478 e. The molecule has 13 heteroatoms. The van der Waals surface area contributed by atoms with Gasteiger partial charge in [-0.1, -0.05) is 6.07 Å². The van der Waals surface area contributed by atoms with Crippen molar-refractivity contribution in [3.63, 3.8) is 0 Å². The minimum atomic E-state index is -5.19. The number of carbonyl (C=O) groups is 1. The van der Waals surface area contributed by atoms with Gasteiger partial charge in [-0.25, -0.2) is 18.6 Å². The number of rotatable bonds is 11. The van der Waals surface area contributed by atoms with Crippen molar-refractivity contribution in [3.8, 4) is 11.6 Å². The fourth-order valence-electron chi connectivity index (χ4n) is 4.74. The van der Waals surface area contributed by atoms with Crippen LogP contribution in [-0.4, -0.2) is 53.3 Å². The molecule has 0 spiro atoms. The number of pyridine rings is 2. The molecule has 0 atom stereocenters. The van der Waals surface area contributed by atoms with E-state index in [0.29, 0.717) is 24.6 Å². The number of ether oxygens (including phenoxy) is 3. The molecule has 41 heavy (non-hydrogen) atoms. The van der Waals surface area contributed by atoms with E-state index in [1.54, 1.807) is 24.5 Å². The van der Waals surface area contributed by atoms with Crippen LogP contribution >= 0.6 is 0 Å². The highest BCUT2D eigenvalue weighted by Gasteiger charge is 2.34. The number of carboxylic acid groups (broad SMARTS) is 1. The van der Waals surface area contributed by atoms with Crippen LogP contribution in [0.25, 0.3) is 21.7 Å². The number of carboxylic acids is 1. The highest BCUT2D eigenvalue weighted by atomic mass is 19.4. The number of aromatic nitrogens is 2. The quantitative estimate of drug-likeness (QED) is 0.135. The van der Waals surface area contributed by atoms with E-state index < -0.39 is 29.7 Å². The van der Waals surface area contributed by atoms with Crippen molar-refractivity contribution < 1.29 is 46.1 Å². The fraction of sp³-hybridized carbons (Fsp3) is 0.321. The first-order valence-corrected chi connectivity index (χ1v) is 12.7. The van der Waals surface area contributed by atoms with Gasteiger partial charge in [0.15, 0.2) is 11.6 Å². The van der Waals surface area contributed by atoms with Crippen LogP contribution in [0.15, 0.2) is 48.8 Å². The van der Waals surface area contributed by atoms with Crippen LogP contribution in [0.2, 0.25) is 0 Å². The van der Waals surface area contributed by atoms with Crippen LogP contribution < -0.4 is 14.8 Å². The lowest BCUT2D eigenvalue weighted by molar-refractivity contribution is -0.276. The molecule has 4 aromatic rings. The number of hydrogen-bond acceptors (Lipinski definition) is 7. The van der Waals surface area contributed by atoms with Gasteiger partial charge in [-0.05, 0) is 54.7 Å². The summed E-state index contributed by atoms with van der Waals surface area (Å²) in [5.74, 6) is -4.76. The molecule has 216 valence electrons. The van der Waals surface area contributed by atoms with E-state index in [1.165, 1.54) is 12.1 Å². The summed E-state index contributed by atoms with van der Waals surface area (Å²) >= 11 is 0. The summed E-state index contributed by atoms with van der Waals surface area (Å²) < 4.78 is 79.6. The van der Waals surface area contributed by atoms with Crippen LogP contribution in [0, 0.1) is 17.6 Å². The van der Waals surface area contributed by atoms with Crippen molar-refractivity contribution >= 4 is 27.6 Å². The monoisotopic (exact) mass is 577 g/mol. The lowest BCUT2D eigenvalue weighted by atomic mass is 9.81. The first-order chi connectivity index (χ1) is 19.6. The smallest absolute Gasteiger partial charge is 0.478 e. The molecule has 0 bridgehead atoms. The molecule has 2 N–H and O–H groups in total. The van der Waals surface area contributed by atoms with Gasteiger partial charge in [0.05, 0.1) is 17.7 Å². The van der Waals surface area contributed by atoms with E-state index in [0.717, 1.165) is 41.1 Å². The van der Waals surface area contributed by atoms with Crippen molar-refractivity contribution in [3.05, 3.63) is 71.6 Å². The minimum absolute atomic E-state index is 0.0783. The number of halogens is 5. The van der Waals surface area contributed by atoms with Gasteiger partial charge >= 0.3 is 12.3 Å². The Kier molecular flexibility index (Phi) is 8.18. The largest absolute Gasteiger partial charge is 0.573 e. The molecule has 2 aromatic carbocycles. The fourth-order valence-corrected chi connectivity index (χ4v) is 4.74. The van der Waals surface area contributed by atoms with E-state index in [2.05, 4.69) is 20.0 Å². The van der Waals surface area contributed by atoms with Crippen molar-refractivity contribution in [2.75, 3.05) is 19.8 Å². The van der Waals surface area contributed by atoms with Gasteiger partial charge < -0.3 is 24.6 Å². The Morgan fingerprint density at radius 3 is 2.49 bits per heavy atom. The Bertz CT molecular complexity index is 1550. The molecule has 0 amide bonds. The zero-order valence-electron chi connectivity index (χ0n) is 21.4. The summed E-state index contributed by atoms with van der Waals surface area (Å²) in [6, 6.07) is 8.17. The lowest BCUT2D eigenvalue weighted by Crippen LogP contribution is -2.42. The number of nitrogens with one attached hydrogen (secondary N) is 1. The van der Waals surface area contributed by atoms with E-state index >= 15 is 0 Å². The van der Waals surface area contributed by atoms with Gasteiger partial charge in [0, 0.05) is 47.7 Å². The number of nitrogens with zero attached hydrogens (tertiary/aromatic N) is 2. The zero-order valence-corrected chi connectivity index (χ0v) is 21.4. The third-order valence-electron chi connectivity index (χ3n) is 6.73. The van der Waals surface area contributed by atoms with E-state index in [-0.39, 0.29) is 36.2 Å². The second kappa shape index (κ2) is 11.8. The maximum Gasteiger partial charge on any atom is 0.573 e. The average Bonchev–Trinajstić information content (AvgIpc) is 2.90. The maximum absolute atomic E-state index is 13.9. The van der Waals surface area contributed by atoms with Crippen LogP contribution in [-0.2, 0) is 11.3 Å². The molecule has 1 aliphatic carbocycles. The number of alkyl halides is 3. The van der Waals surface area contributed by atoms with E-state index in [1.807, 2.05) is 0 Å². The van der Waals surface area contributed by atoms with Crippen molar-refractivity contribution in [1.82, 2.24) is 15.3 Å². The number of aromatic carboxylic acids is 1. The summed E-state index contributed by atoms with van der Waals surface area (Å²) in [5, 5.41) is 14.7. The molecule has 5 rings (SSSR count). The number of hydrogen-bond donors (Lipinski definition) is 2. The van der Waals surface area contributed by atoms with Gasteiger partial charge in [0.1, 0.15) is 6.61 Å². The summed E-state index contributed by atoms with van der Waals surface area (Å²) in [6.45, 7) is 1.07. The Morgan fingerprint density at radius 2 is 1.78 bits per heavy atom. The van der Waals surface area contributed by atoms with Crippen LogP contribution in [0.5, 0.6) is 11.6 Å². The summed E-state index contributed by atoms with van der Waals surface area (Å²) in [4.78, 5) is 20.0. The zero-order chi connectivity index (χ0) is 29.1. The molecule has 1 saturated carbocycles. The Labute approximate surface area is 230 Å². The molecular formula is C28H24F5N3O5. The first kappa shape index (κ1) is 28.4. The average molecular weight is 578 g/mol. The van der Waals surface area contributed by atoms with Crippen LogP contribution in [0.3, 0.4) is 0 Å². The number of fused-ring (bicyclic) bond motifs is 3. The van der Waals surface area contributed by atoms with Crippen molar-refractivity contribution in [1.29, 1.82) is 0 Å². The van der Waals surface area contributed by atoms with Gasteiger partial charge in [-0.2, -0.15) is 0 Å². The molecule has 0 radical (unpaired) electrons. The molecule has 0 saturated heterocycles. The summed E-state index contributed by atoms with van der Waals surface area (Å²) in [6.07, 6.45) is -0.373. The van der Waals surface area contributed by atoms with Crippen molar-refractivity contribution in [2.45, 2.75) is 31.8 Å². The summed E-state index contributed by atoms with van der Waals surface area (Å²) in [5.41, 5.74) is 0.755. The highest BCUT2D eigenvalue weighted by Crippen LogP contribution is 2.32. The first-order valence-electron chi connectivity index (χ1n) is 12.7. The molecule has 8 nitrogen and oxygen atoms in total. The van der Waals surface area contributed by atoms with Crippen molar-refractivity contribution in [2.24, 2.45) is 5.92 Å². The topological polar surface area (TPSA) is 103 Å². The van der Waals surface area contributed by atoms with E-state index in [4.69, 9.17) is 9.47 Å². The maximum atomic E-state index is 13.9. The van der Waals surface area contributed by atoms with Crippen LogP contribution in [0.1, 0.15) is 28.8 Å². The SMILES string of the molecule is O=C(O)c1ccc2c(c1)nc(OCCOCC1CC(NCc3cc(F)c(OC(F)(F)F)c(F)c3)C1)c1ccncc12. The van der Waals surface area contributed by atoms with E-state index in [9.17, 15) is 31.9 Å². The second-order valence-corrected chi connectivity index (χ2v) is 9.65. The normalized spacial score (nSPS) is 17.0. The predicted octanol–water partition coefficient (Wildman–Crippen LogP) is 5.62. The van der Waals surface area contributed by atoms with Gasteiger partial charge in [-0.15, -0.1) is 13.2 Å². The molecule has 0 aliphatic heterocycles. The highest BCUT2D eigenvalue weighted by molar-refractivity contribution is 6.08. The number of benzene rings is 2. The molecule has 0 unspecified atom stereocenters. The Morgan fingerprint density at radius 1 is 1.02 bits per heavy atom. The third-order valence-corrected chi connectivity index (χ3v) is 6.73. The van der Waals surface area contributed by atoms with Gasteiger partial charge in [-0.3, -0.25) is 4.98 Å². The van der Waals surface area contributed by atoms with Crippen LogP contribution in [0.4, 0.5) is 22.0 Å². The molecular weight excluding hydrogens is 553 g/mol. The molecule has 2 aromatic heterocycles. The Balaban J connectivity index is 1.06. The molecule has 2 heterocycles. The Hall–Kier alpha value is -4.10. The standard InChI is InChI=1S/C28H24F5N3O5/c29-22-9-15(10-23(30)25(22)41-28(31,32)33)12-35-18-7-16(8-18)14-39-5-6-40-26-20-3-4-34-13-21(20)19-2-1-17(27(37)38)11-24(19)36-26/h1-4,9-11,13,16,18,35H,5-8,12,14H2,(H,37,38). The van der Waals surface area contributed by atoms with Gasteiger partial charge in [0.25, 0.3) is 0 Å². The molecule has 1 fully saturated rings. The van der Waals surface area contributed by atoms with Gasteiger partial charge in [0.2, 0.25) is 11.6 Å². The second-order valence-electron chi connectivity index (χ2n) is 9.65. The lowest BCUT2D eigenvalue weighted by Gasteiger charge is -2.36. The summed E-state index contributed by atoms with van der Waals surface area (Å²) in [7, 11) is 0. The predicted molar refractivity (Wildman–Crippen MR) is 137 cm³/mol. The third kappa shape index (κ3) is 6.80. The molecule has 1 aliphatic rings.